The summed E-state index contributed by atoms with van der Waals surface area (Å²) in [5.41, 5.74) is 0.957. The number of imide groups is 1. The first-order valence-corrected chi connectivity index (χ1v) is 8.37. The number of amides is 4. The third kappa shape index (κ3) is 4.79. The lowest BCUT2D eigenvalue weighted by Gasteiger charge is -2.16. The number of hydrogen-bond acceptors (Lipinski definition) is 4. The van der Waals surface area contributed by atoms with Crippen LogP contribution in [0.25, 0.3) is 0 Å². The standard InChI is InChI=1S/C18H26N4O3/c1-18(2)16(24)22(17(25)20-18)11-7-10-15(23)19-14-9-6-5-8-13(14)12-21(3)4/h5-6,8-9H,7,10-12H2,1-4H3,(H,19,23)(H,20,25). The number of anilines is 1. The summed E-state index contributed by atoms with van der Waals surface area (Å²) in [6.07, 6.45) is 0.671. The molecule has 0 aliphatic carbocycles. The highest BCUT2D eigenvalue weighted by Crippen LogP contribution is 2.18. The van der Waals surface area contributed by atoms with Crippen LogP contribution in [0, 0.1) is 0 Å². The van der Waals surface area contributed by atoms with Gasteiger partial charge in [-0.05, 0) is 46.0 Å². The molecule has 0 atom stereocenters. The Kier molecular flexibility index (Phi) is 5.79. The molecule has 2 N–H and O–H groups in total. The van der Waals surface area contributed by atoms with Crippen molar-refractivity contribution in [2.45, 2.75) is 38.8 Å². The summed E-state index contributed by atoms with van der Waals surface area (Å²) in [5.74, 6) is -0.383. The molecular formula is C18H26N4O3. The van der Waals surface area contributed by atoms with Crippen molar-refractivity contribution in [1.29, 1.82) is 0 Å². The fourth-order valence-corrected chi connectivity index (χ4v) is 2.75. The molecule has 1 saturated heterocycles. The van der Waals surface area contributed by atoms with Gasteiger partial charge in [-0.1, -0.05) is 18.2 Å². The summed E-state index contributed by atoms with van der Waals surface area (Å²) in [4.78, 5) is 39.3. The minimum Gasteiger partial charge on any atom is -0.326 e. The Balaban J connectivity index is 1.86. The van der Waals surface area contributed by atoms with Gasteiger partial charge in [-0.25, -0.2) is 4.79 Å². The van der Waals surface area contributed by atoms with Gasteiger partial charge in [0.1, 0.15) is 5.54 Å². The predicted molar refractivity (Wildman–Crippen MR) is 96.0 cm³/mol. The normalized spacial score (nSPS) is 16.3. The van der Waals surface area contributed by atoms with Crippen molar-refractivity contribution >= 4 is 23.5 Å². The second-order valence-corrected chi connectivity index (χ2v) is 7.06. The first kappa shape index (κ1) is 18.9. The van der Waals surface area contributed by atoms with Crippen molar-refractivity contribution < 1.29 is 14.4 Å². The molecule has 0 radical (unpaired) electrons. The fourth-order valence-electron chi connectivity index (χ4n) is 2.75. The number of hydrogen-bond donors (Lipinski definition) is 2. The van der Waals surface area contributed by atoms with Gasteiger partial charge in [-0.2, -0.15) is 0 Å². The Bertz CT molecular complexity index is 670. The van der Waals surface area contributed by atoms with Crippen molar-refractivity contribution in [3.8, 4) is 0 Å². The van der Waals surface area contributed by atoms with E-state index in [0.29, 0.717) is 6.42 Å². The molecule has 0 bridgehead atoms. The van der Waals surface area contributed by atoms with E-state index in [2.05, 4.69) is 10.6 Å². The Morgan fingerprint density at radius 3 is 2.52 bits per heavy atom. The molecule has 7 nitrogen and oxygen atoms in total. The predicted octanol–water partition coefficient (Wildman–Crippen LogP) is 1.80. The van der Waals surface area contributed by atoms with Crippen molar-refractivity contribution in [3.63, 3.8) is 0 Å². The topological polar surface area (TPSA) is 81.8 Å². The van der Waals surface area contributed by atoms with E-state index in [1.54, 1.807) is 13.8 Å². The Morgan fingerprint density at radius 1 is 1.24 bits per heavy atom. The molecule has 1 aliphatic rings. The molecule has 1 aliphatic heterocycles. The zero-order valence-corrected chi connectivity index (χ0v) is 15.3. The summed E-state index contributed by atoms with van der Waals surface area (Å²) in [5, 5.41) is 5.54. The molecule has 136 valence electrons. The summed E-state index contributed by atoms with van der Waals surface area (Å²) >= 11 is 0. The molecule has 4 amide bonds. The SMILES string of the molecule is CN(C)Cc1ccccc1NC(=O)CCCN1C(=O)NC(C)(C)C1=O. The summed E-state index contributed by atoms with van der Waals surface area (Å²) in [6, 6.07) is 7.27. The van der Waals surface area contributed by atoms with E-state index < -0.39 is 11.6 Å². The quantitative estimate of drug-likeness (QED) is 0.738. The highest BCUT2D eigenvalue weighted by atomic mass is 16.2. The Hall–Kier alpha value is -2.41. The Morgan fingerprint density at radius 2 is 1.92 bits per heavy atom. The van der Waals surface area contributed by atoms with Gasteiger partial charge in [-0.3, -0.25) is 14.5 Å². The number of urea groups is 1. The van der Waals surface area contributed by atoms with E-state index in [1.165, 1.54) is 4.90 Å². The molecule has 1 aromatic carbocycles. The maximum Gasteiger partial charge on any atom is 0.325 e. The molecule has 25 heavy (non-hydrogen) atoms. The van der Waals surface area contributed by atoms with Gasteiger partial charge in [0.2, 0.25) is 5.91 Å². The van der Waals surface area contributed by atoms with Gasteiger partial charge < -0.3 is 15.5 Å². The lowest BCUT2D eigenvalue weighted by molar-refractivity contribution is -0.130. The van der Waals surface area contributed by atoms with Crippen molar-refractivity contribution in [2.75, 3.05) is 26.0 Å². The fraction of sp³-hybridized carbons (Fsp3) is 0.500. The van der Waals surface area contributed by atoms with E-state index in [9.17, 15) is 14.4 Å². The van der Waals surface area contributed by atoms with Gasteiger partial charge in [0, 0.05) is 25.2 Å². The molecule has 0 unspecified atom stereocenters. The van der Waals surface area contributed by atoms with E-state index in [-0.39, 0.29) is 24.8 Å². The van der Waals surface area contributed by atoms with E-state index in [1.807, 2.05) is 43.3 Å². The highest BCUT2D eigenvalue weighted by molar-refractivity contribution is 6.06. The summed E-state index contributed by atoms with van der Waals surface area (Å²) in [6.45, 7) is 4.30. The van der Waals surface area contributed by atoms with Gasteiger partial charge >= 0.3 is 6.03 Å². The molecule has 7 heteroatoms. The first-order valence-electron chi connectivity index (χ1n) is 8.37. The van der Waals surface area contributed by atoms with Crippen molar-refractivity contribution in [3.05, 3.63) is 29.8 Å². The molecule has 1 aromatic rings. The second kappa shape index (κ2) is 7.65. The van der Waals surface area contributed by atoms with Crippen LogP contribution >= 0.6 is 0 Å². The third-order valence-corrected chi connectivity index (χ3v) is 4.01. The number of carbonyl (C=O) groups excluding carboxylic acids is 3. The lowest BCUT2D eigenvalue weighted by atomic mass is 10.1. The lowest BCUT2D eigenvalue weighted by Crippen LogP contribution is -2.40. The second-order valence-electron chi connectivity index (χ2n) is 7.06. The van der Waals surface area contributed by atoms with Crippen LogP contribution in [0.4, 0.5) is 10.5 Å². The van der Waals surface area contributed by atoms with Gasteiger partial charge in [0.05, 0.1) is 0 Å². The van der Waals surface area contributed by atoms with E-state index >= 15 is 0 Å². The summed E-state index contributed by atoms with van der Waals surface area (Å²) in [7, 11) is 3.94. The van der Waals surface area contributed by atoms with Crippen molar-refractivity contribution in [2.24, 2.45) is 0 Å². The number of carbonyl (C=O) groups is 3. The van der Waals surface area contributed by atoms with Gasteiger partial charge in [0.15, 0.2) is 0 Å². The molecular weight excluding hydrogens is 320 g/mol. The minimum atomic E-state index is -0.871. The van der Waals surface area contributed by atoms with Crippen LogP contribution in [0.3, 0.4) is 0 Å². The maximum atomic E-state index is 12.2. The number of nitrogens with one attached hydrogen (secondary N) is 2. The minimum absolute atomic E-state index is 0.127. The summed E-state index contributed by atoms with van der Waals surface area (Å²) < 4.78 is 0. The molecule has 2 rings (SSSR count). The third-order valence-electron chi connectivity index (χ3n) is 4.01. The zero-order valence-electron chi connectivity index (χ0n) is 15.3. The van der Waals surface area contributed by atoms with Crippen LogP contribution < -0.4 is 10.6 Å². The van der Waals surface area contributed by atoms with Crippen LogP contribution in [0.5, 0.6) is 0 Å². The molecule has 1 heterocycles. The largest absolute Gasteiger partial charge is 0.326 e. The zero-order chi connectivity index (χ0) is 18.6. The number of para-hydroxylation sites is 1. The van der Waals surface area contributed by atoms with Crippen LogP contribution in [0.1, 0.15) is 32.3 Å². The maximum absolute atomic E-state index is 12.2. The average molecular weight is 346 g/mol. The molecule has 0 aromatic heterocycles. The monoisotopic (exact) mass is 346 g/mol. The number of rotatable bonds is 7. The van der Waals surface area contributed by atoms with Crippen LogP contribution in [0.15, 0.2) is 24.3 Å². The van der Waals surface area contributed by atoms with Crippen LogP contribution in [0.2, 0.25) is 0 Å². The number of nitrogens with zero attached hydrogens (tertiary/aromatic N) is 2. The average Bonchev–Trinajstić information content (AvgIpc) is 2.70. The van der Waals surface area contributed by atoms with E-state index in [4.69, 9.17) is 0 Å². The number of benzene rings is 1. The Labute approximate surface area is 148 Å². The van der Waals surface area contributed by atoms with Gasteiger partial charge in [0.25, 0.3) is 5.91 Å². The molecule has 1 fully saturated rings. The first-order chi connectivity index (χ1) is 11.7. The molecule has 0 saturated carbocycles. The van der Waals surface area contributed by atoms with Crippen molar-refractivity contribution in [1.82, 2.24) is 15.1 Å². The van der Waals surface area contributed by atoms with E-state index in [0.717, 1.165) is 17.8 Å². The molecule has 0 spiro atoms. The van der Waals surface area contributed by atoms with Gasteiger partial charge in [-0.15, -0.1) is 0 Å². The highest BCUT2D eigenvalue weighted by Gasteiger charge is 2.43. The van der Waals surface area contributed by atoms with Crippen LogP contribution in [-0.4, -0.2) is 53.8 Å². The smallest absolute Gasteiger partial charge is 0.325 e. The van der Waals surface area contributed by atoms with Crippen LogP contribution in [-0.2, 0) is 16.1 Å².